The van der Waals surface area contributed by atoms with Gasteiger partial charge >= 0.3 is 5.97 Å². The van der Waals surface area contributed by atoms with Gasteiger partial charge in [0.25, 0.3) is 11.5 Å². The molecule has 3 N–H and O–H groups in total. The summed E-state index contributed by atoms with van der Waals surface area (Å²) < 4.78 is 0. The number of aliphatic carboxylic acids is 1. The first-order chi connectivity index (χ1) is 9.58. The van der Waals surface area contributed by atoms with Crippen LogP contribution in [0.4, 0.5) is 0 Å². The van der Waals surface area contributed by atoms with Crippen LogP contribution < -0.4 is 10.9 Å². The van der Waals surface area contributed by atoms with Crippen molar-refractivity contribution in [1.82, 2.24) is 15.5 Å². The first-order valence-electron chi connectivity index (χ1n) is 6.67. The fourth-order valence-electron chi connectivity index (χ4n) is 2.49. The molecule has 1 saturated carbocycles. The lowest BCUT2D eigenvalue weighted by molar-refractivity contribution is -0.142. The van der Waals surface area contributed by atoms with Crippen LogP contribution in [-0.4, -0.2) is 33.2 Å². The molecule has 0 aromatic carbocycles. The minimum absolute atomic E-state index is 0.0815. The van der Waals surface area contributed by atoms with Crippen molar-refractivity contribution >= 4 is 11.9 Å². The molecule has 0 bridgehead atoms. The summed E-state index contributed by atoms with van der Waals surface area (Å²) in [5.74, 6) is -1.91. The lowest BCUT2D eigenvalue weighted by atomic mass is 9.95. The smallest absolute Gasteiger partial charge is 0.308 e. The van der Waals surface area contributed by atoms with Gasteiger partial charge in [0, 0.05) is 12.1 Å². The van der Waals surface area contributed by atoms with Crippen LogP contribution in [0.25, 0.3) is 0 Å². The third-order valence-electron chi connectivity index (χ3n) is 3.56. The fraction of sp³-hybridized carbons (Fsp3) is 0.538. The molecule has 1 aromatic rings. The second kappa shape index (κ2) is 6.31. The third-order valence-corrected chi connectivity index (χ3v) is 3.56. The number of amides is 1. The fourth-order valence-corrected chi connectivity index (χ4v) is 2.49. The van der Waals surface area contributed by atoms with Gasteiger partial charge in [0.1, 0.15) is 5.69 Å². The summed E-state index contributed by atoms with van der Waals surface area (Å²) in [6.45, 7) is 0. The standard InChI is InChI=1S/C13H17N3O4/c17-11-7-6-10(15-16-11)12(18)14-9-5-3-1-2-4-8(9)13(19)20/h6-9H,1-5H2,(H,14,18)(H,16,17)(H,19,20). The summed E-state index contributed by atoms with van der Waals surface area (Å²) in [7, 11) is 0. The molecule has 0 aliphatic heterocycles. The first-order valence-corrected chi connectivity index (χ1v) is 6.67. The molecular weight excluding hydrogens is 262 g/mol. The number of nitrogens with one attached hydrogen (secondary N) is 2. The number of carbonyl (C=O) groups is 2. The van der Waals surface area contributed by atoms with Crippen molar-refractivity contribution in [3.63, 3.8) is 0 Å². The van der Waals surface area contributed by atoms with E-state index in [1.807, 2.05) is 0 Å². The second-order valence-electron chi connectivity index (χ2n) is 4.97. The maximum absolute atomic E-state index is 12.0. The molecule has 1 amide bonds. The number of rotatable bonds is 3. The lowest BCUT2D eigenvalue weighted by Crippen LogP contribution is -2.43. The number of hydrogen-bond donors (Lipinski definition) is 3. The highest BCUT2D eigenvalue weighted by Crippen LogP contribution is 2.24. The maximum Gasteiger partial charge on any atom is 0.308 e. The second-order valence-corrected chi connectivity index (χ2v) is 4.97. The molecule has 2 atom stereocenters. The van der Waals surface area contributed by atoms with Crippen LogP contribution in [0.15, 0.2) is 16.9 Å². The predicted octanol–water partition coefficient (Wildman–Crippen LogP) is 0.533. The normalized spacial score (nSPS) is 22.8. The average molecular weight is 279 g/mol. The molecule has 1 aromatic heterocycles. The van der Waals surface area contributed by atoms with Gasteiger partial charge in [-0.25, -0.2) is 5.10 Å². The molecule has 108 valence electrons. The Morgan fingerprint density at radius 2 is 2.00 bits per heavy atom. The van der Waals surface area contributed by atoms with E-state index in [0.29, 0.717) is 12.8 Å². The van der Waals surface area contributed by atoms with Crippen LogP contribution in [0.3, 0.4) is 0 Å². The molecule has 2 rings (SSSR count). The van der Waals surface area contributed by atoms with Crippen molar-refractivity contribution < 1.29 is 14.7 Å². The molecule has 7 heteroatoms. The van der Waals surface area contributed by atoms with Gasteiger partial charge in [-0.3, -0.25) is 14.4 Å². The van der Waals surface area contributed by atoms with Crippen molar-refractivity contribution in [3.8, 4) is 0 Å². The van der Waals surface area contributed by atoms with Gasteiger partial charge in [-0.2, -0.15) is 5.10 Å². The van der Waals surface area contributed by atoms with E-state index in [4.69, 9.17) is 0 Å². The first kappa shape index (κ1) is 14.2. The van der Waals surface area contributed by atoms with Crippen LogP contribution in [0.1, 0.15) is 42.6 Å². The highest BCUT2D eigenvalue weighted by Gasteiger charge is 2.30. The highest BCUT2D eigenvalue weighted by molar-refractivity contribution is 5.92. The number of carbonyl (C=O) groups excluding carboxylic acids is 1. The molecular formula is C13H17N3O4. The predicted molar refractivity (Wildman–Crippen MR) is 70.3 cm³/mol. The number of hydrogen-bond acceptors (Lipinski definition) is 4. The zero-order valence-corrected chi connectivity index (χ0v) is 11.0. The van der Waals surface area contributed by atoms with E-state index in [1.165, 1.54) is 12.1 Å². The van der Waals surface area contributed by atoms with Gasteiger partial charge in [0.05, 0.1) is 5.92 Å². The summed E-state index contributed by atoms with van der Waals surface area (Å²) in [6.07, 6.45) is 3.95. The topological polar surface area (TPSA) is 112 Å². The number of nitrogens with zero attached hydrogens (tertiary/aromatic N) is 1. The molecule has 2 unspecified atom stereocenters. The third kappa shape index (κ3) is 3.43. The molecule has 1 fully saturated rings. The molecule has 20 heavy (non-hydrogen) atoms. The molecule has 1 aliphatic carbocycles. The monoisotopic (exact) mass is 279 g/mol. The Balaban J connectivity index is 2.09. The number of carboxylic acid groups (broad SMARTS) is 1. The average Bonchev–Trinajstić information content (AvgIpc) is 2.65. The van der Waals surface area contributed by atoms with Gasteiger partial charge in [0.15, 0.2) is 0 Å². The molecule has 7 nitrogen and oxygen atoms in total. The lowest BCUT2D eigenvalue weighted by Gasteiger charge is -2.22. The highest BCUT2D eigenvalue weighted by atomic mass is 16.4. The Morgan fingerprint density at radius 1 is 1.25 bits per heavy atom. The van der Waals surface area contributed by atoms with E-state index in [-0.39, 0.29) is 11.3 Å². The van der Waals surface area contributed by atoms with Gasteiger partial charge in [0.2, 0.25) is 0 Å². The maximum atomic E-state index is 12.0. The van der Waals surface area contributed by atoms with Gasteiger partial charge in [-0.1, -0.05) is 19.3 Å². The zero-order valence-electron chi connectivity index (χ0n) is 11.0. The van der Waals surface area contributed by atoms with Gasteiger partial charge in [-0.15, -0.1) is 0 Å². The Labute approximate surface area is 115 Å². The summed E-state index contributed by atoms with van der Waals surface area (Å²) in [5.41, 5.74) is -0.308. The molecule has 0 spiro atoms. The van der Waals surface area contributed by atoms with E-state index in [0.717, 1.165) is 19.3 Å². The number of aromatic amines is 1. The van der Waals surface area contributed by atoms with Crippen molar-refractivity contribution in [1.29, 1.82) is 0 Å². The Morgan fingerprint density at radius 3 is 2.65 bits per heavy atom. The number of aromatic nitrogens is 2. The molecule has 1 aliphatic rings. The Hall–Kier alpha value is -2.18. The van der Waals surface area contributed by atoms with E-state index in [1.54, 1.807) is 0 Å². The molecule has 1 heterocycles. The van der Waals surface area contributed by atoms with Crippen LogP contribution >= 0.6 is 0 Å². The van der Waals surface area contributed by atoms with E-state index in [2.05, 4.69) is 15.5 Å². The van der Waals surface area contributed by atoms with Crippen LogP contribution in [0, 0.1) is 5.92 Å². The van der Waals surface area contributed by atoms with Crippen molar-refractivity contribution in [2.75, 3.05) is 0 Å². The van der Waals surface area contributed by atoms with Crippen molar-refractivity contribution in [2.45, 2.75) is 38.1 Å². The SMILES string of the molecule is O=C(NC1CCCCCC1C(=O)O)c1ccc(=O)[nH]n1. The summed E-state index contributed by atoms with van der Waals surface area (Å²) in [4.78, 5) is 34.2. The minimum atomic E-state index is -0.883. The quantitative estimate of drug-likeness (QED) is 0.699. The Bertz CT molecular complexity index is 534. The van der Waals surface area contributed by atoms with Crippen LogP contribution in [0.2, 0.25) is 0 Å². The Kier molecular flexibility index (Phi) is 4.49. The summed E-state index contributed by atoms with van der Waals surface area (Å²) >= 11 is 0. The molecule has 0 radical (unpaired) electrons. The van der Waals surface area contributed by atoms with E-state index in [9.17, 15) is 19.5 Å². The molecule has 0 saturated heterocycles. The summed E-state index contributed by atoms with van der Waals surface area (Å²) in [5, 5.41) is 17.8. The zero-order chi connectivity index (χ0) is 14.5. The summed E-state index contributed by atoms with van der Waals surface area (Å²) in [6, 6.07) is 2.14. The van der Waals surface area contributed by atoms with Gasteiger partial charge < -0.3 is 10.4 Å². The van der Waals surface area contributed by atoms with E-state index >= 15 is 0 Å². The van der Waals surface area contributed by atoms with E-state index < -0.39 is 23.8 Å². The number of carboxylic acids is 1. The van der Waals surface area contributed by atoms with Gasteiger partial charge in [-0.05, 0) is 18.9 Å². The minimum Gasteiger partial charge on any atom is -0.481 e. The van der Waals surface area contributed by atoms with Crippen LogP contribution in [-0.2, 0) is 4.79 Å². The van der Waals surface area contributed by atoms with Crippen molar-refractivity contribution in [2.24, 2.45) is 5.92 Å². The van der Waals surface area contributed by atoms with Crippen molar-refractivity contribution in [3.05, 3.63) is 28.2 Å². The largest absolute Gasteiger partial charge is 0.481 e. The number of H-pyrrole nitrogens is 1. The van der Waals surface area contributed by atoms with Crippen LogP contribution in [0.5, 0.6) is 0 Å².